The lowest BCUT2D eigenvalue weighted by molar-refractivity contribution is 0.300. The quantitative estimate of drug-likeness (QED) is 0.456. The van der Waals surface area contributed by atoms with E-state index in [9.17, 15) is 0 Å². The minimum Gasteiger partial charge on any atom is -0.417 e. The lowest BCUT2D eigenvalue weighted by atomic mass is 10.5. The van der Waals surface area contributed by atoms with Gasteiger partial charge >= 0.3 is 0 Å². The molecule has 5 heteroatoms. The van der Waals surface area contributed by atoms with Crippen molar-refractivity contribution in [2.75, 3.05) is 24.2 Å². The standard InChI is InChI=1S/C9H19Cl3OSi/c1-2-6-13-14(7-3-10,8-4-11)9-5-12/h2-9H2,1H3. The molecule has 86 valence electrons. The number of halogens is 3. The molecule has 0 bridgehead atoms. The Kier molecular flexibility index (Phi) is 9.98. The van der Waals surface area contributed by atoms with E-state index in [1.165, 1.54) is 0 Å². The SMILES string of the molecule is CCCO[Si](CCCl)(CCCl)CCCl. The molecule has 0 aromatic rings. The van der Waals surface area contributed by atoms with Gasteiger partial charge in [-0.1, -0.05) is 6.92 Å². The maximum absolute atomic E-state index is 5.99. The van der Waals surface area contributed by atoms with E-state index in [4.69, 9.17) is 39.2 Å². The van der Waals surface area contributed by atoms with E-state index in [0.717, 1.165) is 31.2 Å². The second-order valence-corrected chi connectivity index (χ2v) is 8.64. The molecule has 0 aliphatic heterocycles. The Hall–Kier alpha value is 1.05. The predicted octanol–water partition coefficient (Wildman–Crippen LogP) is 4.07. The summed E-state index contributed by atoms with van der Waals surface area (Å²) in [6.07, 6.45) is 1.04. The van der Waals surface area contributed by atoms with Crippen LogP contribution >= 0.6 is 34.8 Å². The zero-order chi connectivity index (χ0) is 10.9. The van der Waals surface area contributed by atoms with Crippen LogP contribution in [0.25, 0.3) is 0 Å². The second kappa shape index (κ2) is 9.29. The molecule has 0 aliphatic carbocycles. The summed E-state index contributed by atoms with van der Waals surface area (Å²) in [4.78, 5) is 0. The molecule has 0 rings (SSSR count). The summed E-state index contributed by atoms with van der Waals surface area (Å²) in [7, 11) is -1.71. The van der Waals surface area contributed by atoms with Crippen molar-refractivity contribution in [3.8, 4) is 0 Å². The van der Waals surface area contributed by atoms with Crippen LogP contribution in [0.5, 0.6) is 0 Å². The van der Waals surface area contributed by atoms with E-state index >= 15 is 0 Å². The molecule has 0 N–H and O–H groups in total. The summed E-state index contributed by atoms with van der Waals surface area (Å²) < 4.78 is 5.99. The molecular weight excluding hydrogens is 259 g/mol. The fraction of sp³-hybridized carbons (Fsp3) is 1.00. The Morgan fingerprint density at radius 2 is 1.36 bits per heavy atom. The highest BCUT2D eigenvalue weighted by molar-refractivity contribution is 6.75. The van der Waals surface area contributed by atoms with Crippen LogP contribution < -0.4 is 0 Å². The molecule has 0 aliphatic rings. The van der Waals surface area contributed by atoms with Gasteiger partial charge in [-0.15, -0.1) is 34.8 Å². The Labute approximate surface area is 103 Å². The van der Waals surface area contributed by atoms with Crippen LogP contribution in [0.4, 0.5) is 0 Å². The van der Waals surface area contributed by atoms with E-state index in [0.29, 0.717) is 17.6 Å². The molecule has 0 atom stereocenters. The summed E-state index contributed by atoms with van der Waals surface area (Å²) in [5.74, 6) is 1.97. The fourth-order valence-corrected chi connectivity index (χ4v) is 7.38. The normalized spacial score (nSPS) is 12.0. The van der Waals surface area contributed by atoms with Crippen LogP contribution in [0, 0.1) is 0 Å². The van der Waals surface area contributed by atoms with Gasteiger partial charge in [0.15, 0.2) is 8.32 Å². The van der Waals surface area contributed by atoms with Crippen LogP contribution in [0.3, 0.4) is 0 Å². The van der Waals surface area contributed by atoms with Crippen LogP contribution in [-0.2, 0) is 4.43 Å². The Balaban J connectivity index is 4.21. The van der Waals surface area contributed by atoms with Gasteiger partial charge in [-0.05, 0) is 24.6 Å². The van der Waals surface area contributed by atoms with Gasteiger partial charge in [0.1, 0.15) is 0 Å². The topological polar surface area (TPSA) is 9.23 Å². The first-order chi connectivity index (χ1) is 6.74. The average molecular weight is 278 g/mol. The highest BCUT2D eigenvalue weighted by Crippen LogP contribution is 2.24. The summed E-state index contributed by atoms with van der Waals surface area (Å²) >= 11 is 17.4. The van der Waals surface area contributed by atoms with Gasteiger partial charge < -0.3 is 4.43 Å². The Bertz CT molecular complexity index is 118. The number of rotatable bonds is 9. The third-order valence-corrected chi connectivity index (χ3v) is 8.08. The predicted molar refractivity (Wildman–Crippen MR) is 68.6 cm³/mol. The number of hydrogen-bond acceptors (Lipinski definition) is 1. The monoisotopic (exact) mass is 276 g/mol. The van der Waals surface area contributed by atoms with Crippen molar-refractivity contribution >= 4 is 43.1 Å². The minimum absolute atomic E-state index is 0.656. The molecule has 1 nitrogen and oxygen atoms in total. The van der Waals surface area contributed by atoms with E-state index in [1.807, 2.05) is 0 Å². The molecular formula is C9H19Cl3OSi. The van der Waals surface area contributed by atoms with Gasteiger partial charge in [-0.2, -0.15) is 0 Å². The molecule has 0 saturated carbocycles. The summed E-state index contributed by atoms with van der Waals surface area (Å²) in [5, 5.41) is 0. The molecule has 14 heavy (non-hydrogen) atoms. The van der Waals surface area contributed by atoms with Crippen molar-refractivity contribution < 1.29 is 4.43 Å². The van der Waals surface area contributed by atoms with E-state index in [2.05, 4.69) is 6.92 Å². The molecule has 0 amide bonds. The molecule has 0 fully saturated rings. The van der Waals surface area contributed by atoms with Crippen LogP contribution in [0.2, 0.25) is 18.1 Å². The molecule has 0 aromatic carbocycles. The van der Waals surface area contributed by atoms with Crippen LogP contribution in [0.1, 0.15) is 13.3 Å². The minimum atomic E-state index is -1.71. The van der Waals surface area contributed by atoms with Crippen LogP contribution in [-0.4, -0.2) is 32.6 Å². The van der Waals surface area contributed by atoms with Crippen LogP contribution in [0.15, 0.2) is 0 Å². The molecule has 0 spiro atoms. The Morgan fingerprint density at radius 1 is 0.929 bits per heavy atom. The third-order valence-electron chi connectivity index (χ3n) is 2.26. The van der Waals surface area contributed by atoms with Crippen molar-refractivity contribution in [3.63, 3.8) is 0 Å². The van der Waals surface area contributed by atoms with Gasteiger partial charge in [0, 0.05) is 24.2 Å². The summed E-state index contributed by atoms with van der Waals surface area (Å²) in [5.41, 5.74) is 0. The molecule has 0 unspecified atom stereocenters. The first-order valence-corrected chi connectivity index (χ1v) is 9.20. The lowest BCUT2D eigenvalue weighted by Crippen LogP contribution is -2.40. The molecule has 0 heterocycles. The van der Waals surface area contributed by atoms with Gasteiger partial charge in [0.05, 0.1) is 0 Å². The molecule has 0 saturated heterocycles. The van der Waals surface area contributed by atoms with Crippen molar-refractivity contribution in [3.05, 3.63) is 0 Å². The summed E-state index contributed by atoms with van der Waals surface area (Å²) in [6.45, 7) is 2.93. The largest absolute Gasteiger partial charge is 0.417 e. The smallest absolute Gasteiger partial charge is 0.196 e. The first-order valence-electron chi connectivity index (χ1n) is 5.06. The van der Waals surface area contributed by atoms with E-state index in [1.54, 1.807) is 0 Å². The lowest BCUT2D eigenvalue weighted by Gasteiger charge is -2.29. The average Bonchev–Trinajstić information content (AvgIpc) is 2.16. The first kappa shape index (κ1) is 15.0. The number of alkyl halides is 3. The van der Waals surface area contributed by atoms with E-state index in [-0.39, 0.29) is 0 Å². The molecule has 0 radical (unpaired) electrons. The van der Waals surface area contributed by atoms with Crippen molar-refractivity contribution in [2.45, 2.75) is 31.5 Å². The molecule has 0 aromatic heterocycles. The number of hydrogen-bond donors (Lipinski definition) is 0. The zero-order valence-electron chi connectivity index (χ0n) is 8.70. The Morgan fingerprint density at radius 3 is 1.64 bits per heavy atom. The van der Waals surface area contributed by atoms with Crippen molar-refractivity contribution in [1.82, 2.24) is 0 Å². The maximum Gasteiger partial charge on any atom is 0.196 e. The highest BCUT2D eigenvalue weighted by Gasteiger charge is 2.32. The van der Waals surface area contributed by atoms with Gasteiger partial charge in [-0.25, -0.2) is 0 Å². The maximum atomic E-state index is 5.99. The fourth-order valence-electron chi connectivity index (χ4n) is 1.43. The van der Waals surface area contributed by atoms with E-state index < -0.39 is 8.32 Å². The van der Waals surface area contributed by atoms with Crippen molar-refractivity contribution in [2.24, 2.45) is 0 Å². The summed E-state index contributed by atoms with van der Waals surface area (Å²) in [6, 6.07) is 2.90. The van der Waals surface area contributed by atoms with Gasteiger partial charge in [0.25, 0.3) is 0 Å². The third kappa shape index (κ3) is 5.81. The van der Waals surface area contributed by atoms with Crippen molar-refractivity contribution in [1.29, 1.82) is 0 Å². The highest BCUT2D eigenvalue weighted by atomic mass is 35.5. The van der Waals surface area contributed by atoms with Gasteiger partial charge in [0.2, 0.25) is 0 Å². The second-order valence-electron chi connectivity index (χ2n) is 3.35. The zero-order valence-corrected chi connectivity index (χ0v) is 12.0. The van der Waals surface area contributed by atoms with Gasteiger partial charge in [-0.3, -0.25) is 0 Å².